The zero-order valence-corrected chi connectivity index (χ0v) is 17.1. The van der Waals surface area contributed by atoms with E-state index in [2.05, 4.69) is 15.0 Å². The number of thiazole rings is 1. The van der Waals surface area contributed by atoms with E-state index in [-0.39, 0.29) is 16.6 Å². The summed E-state index contributed by atoms with van der Waals surface area (Å²) in [6, 6.07) is 11.4. The summed E-state index contributed by atoms with van der Waals surface area (Å²) in [6.45, 7) is 3.26. The van der Waals surface area contributed by atoms with Gasteiger partial charge in [0.05, 0.1) is 17.8 Å². The summed E-state index contributed by atoms with van der Waals surface area (Å²) in [5.41, 5.74) is 2.35. The van der Waals surface area contributed by atoms with Crippen LogP contribution in [0.4, 0.5) is 11.4 Å². The molecule has 2 aromatic carbocycles. The number of hydrogen-bond donors (Lipinski definition) is 2. The van der Waals surface area contributed by atoms with Crippen molar-refractivity contribution in [3.8, 4) is 17.0 Å². The number of hydrogen-bond acceptors (Lipinski definition) is 6. The summed E-state index contributed by atoms with van der Waals surface area (Å²) in [4.78, 5) is 15.6. The Morgan fingerprint density at radius 2 is 1.93 bits per heavy atom. The molecular weight excluding hydrogens is 398 g/mol. The maximum Gasteiger partial charge on any atom is 0.265 e. The number of nitrogens with zero attached hydrogens (tertiary/aromatic N) is 1. The first-order chi connectivity index (χ1) is 13.3. The van der Waals surface area contributed by atoms with E-state index in [9.17, 15) is 13.2 Å². The van der Waals surface area contributed by atoms with Crippen LogP contribution in [0.25, 0.3) is 11.3 Å². The number of rotatable bonds is 6. The second kappa shape index (κ2) is 7.99. The van der Waals surface area contributed by atoms with E-state index in [1.165, 1.54) is 37.5 Å². The van der Waals surface area contributed by atoms with Gasteiger partial charge in [0, 0.05) is 29.2 Å². The first kappa shape index (κ1) is 19.8. The van der Waals surface area contributed by atoms with Gasteiger partial charge >= 0.3 is 0 Å². The van der Waals surface area contributed by atoms with Crippen LogP contribution in [0, 0.1) is 6.92 Å². The lowest BCUT2D eigenvalue weighted by molar-refractivity contribution is -0.114. The zero-order valence-electron chi connectivity index (χ0n) is 15.5. The molecule has 1 aromatic heterocycles. The molecule has 0 aliphatic carbocycles. The number of carbonyl (C=O) groups excluding carboxylic acids is 1. The monoisotopic (exact) mass is 417 g/mol. The molecule has 146 valence electrons. The maximum atomic E-state index is 13.0. The van der Waals surface area contributed by atoms with Gasteiger partial charge in [-0.2, -0.15) is 0 Å². The molecule has 1 heterocycles. The van der Waals surface area contributed by atoms with Gasteiger partial charge in [0.15, 0.2) is 0 Å². The van der Waals surface area contributed by atoms with Crippen LogP contribution in [-0.4, -0.2) is 26.4 Å². The number of sulfonamides is 1. The van der Waals surface area contributed by atoms with Crippen LogP contribution in [0.15, 0.2) is 52.7 Å². The molecule has 0 radical (unpaired) electrons. The normalized spacial score (nSPS) is 11.1. The quantitative estimate of drug-likeness (QED) is 0.634. The summed E-state index contributed by atoms with van der Waals surface area (Å²) in [5, 5.41) is 5.42. The van der Waals surface area contributed by atoms with Crippen molar-refractivity contribution in [3.05, 3.63) is 52.9 Å². The molecule has 0 aliphatic rings. The Labute approximate surface area is 167 Å². The van der Waals surface area contributed by atoms with Crippen LogP contribution in [0.1, 0.15) is 11.9 Å². The Balaban J connectivity index is 1.95. The van der Waals surface area contributed by atoms with Crippen LogP contribution >= 0.6 is 11.3 Å². The fourth-order valence-corrected chi connectivity index (χ4v) is 4.48. The summed E-state index contributed by atoms with van der Waals surface area (Å²) < 4.78 is 33.7. The lowest BCUT2D eigenvalue weighted by Crippen LogP contribution is -2.15. The van der Waals surface area contributed by atoms with Gasteiger partial charge in [-0.1, -0.05) is 12.1 Å². The molecule has 0 saturated carbocycles. The molecule has 0 atom stereocenters. The number of aromatic nitrogens is 1. The summed E-state index contributed by atoms with van der Waals surface area (Å²) in [7, 11) is -2.57. The topological polar surface area (TPSA) is 97.4 Å². The standard InChI is InChI=1S/C19H19N3O4S2/c1-12(23)20-15-7-8-18(26-3)19(10-15)28(24,25)22-16-6-4-5-14(9-16)17-11-27-13(2)21-17/h4-11,22H,1-3H3,(H,20,23). The molecule has 0 saturated heterocycles. The minimum absolute atomic E-state index is 0.0730. The number of aryl methyl sites for hydroxylation is 1. The number of carbonyl (C=O) groups is 1. The van der Waals surface area contributed by atoms with Crippen molar-refractivity contribution < 1.29 is 17.9 Å². The summed E-state index contributed by atoms with van der Waals surface area (Å²) in [5.74, 6) is -0.124. The highest BCUT2D eigenvalue weighted by Gasteiger charge is 2.21. The fraction of sp³-hybridized carbons (Fsp3) is 0.158. The van der Waals surface area contributed by atoms with E-state index < -0.39 is 10.0 Å². The molecule has 28 heavy (non-hydrogen) atoms. The van der Waals surface area contributed by atoms with Gasteiger partial charge in [-0.25, -0.2) is 13.4 Å². The van der Waals surface area contributed by atoms with E-state index in [0.29, 0.717) is 11.4 Å². The van der Waals surface area contributed by atoms with E-state index in [1.54, 1.807) is 24.3 Å². The molecule has 0 spiro atoms. The number of nitrogens with one attached hydrogen (secondary N) is 2. The predicted molar refractivity (Wildman–Crippen MR) is 110 cm³/mol. The van der Waals surface area contributed by atoms with E-state index in [0.717, 1.165) is 16.3 Å². The molecule has 3 aromatic rings. The molecule has 3 rings (SSSR count). The number of methoxy groups -OCH3 is 1. The molecule has 0 aliphatic heterocycles. The van der Waals surface area contributed by atoms with Gasteiger partial charge in [-0.05, 0) is 37.3 Å². The van der Waals surface area contributed by atoms with Crippen molar-refractivity contribution >= 4 is 38.6 Å². The number of anilines is 2. The molecule has 0 fully saturated rings. The van der Waals surface area contributed by atoms with Crippen molar-refractivity contribution in [1.29, 1.82) is 0 Å². The smallest absolute Gasteiger partial charge is 0.265 e. The predicted octanol–water partition coefficient (Wildman–Crippen LogP) is 3.89. The summed E-state index contributed by atoms with van der Waals surface area (Å²) >= 11 is 1.53. The highest BCUT2D eigenvalue weighted by atomic mass is 32.2. The van der Waals surface area contributed by atoms with Gasteiger partial charge in [0.25, 0.3) is 10.0 Å². The van der Waals surface area contributed by atoms with Crippen molar-refractivity contribution in [2.45, 2.75) is 18.7 Å². The lowest BCUT2D eigenvalue weighted by atomic mass is 10.1. The zero-order chi connectivity index (χ0) is 20.3. The van der Waals surface area contributed by atoms with Crippen LogP contribution in [0.3, 0.4) is 0 Å². The highest BCUT2D eigenvalue weighted by molar-refractivity contribution is 7.92. The van der Waals surface area contributed by atoms with Gasteiger partial charge in [-0.3, -0.25) is 9.52 Å². The Bertz CT molecular complexity index is 1120. The lowest BCUT2D eigenvalue weighted by Gasteiger charge is -2.14. The third-order valence-electron chi connectivity index (χ3n) is 3.80. The molecule has 7 nitrogen and oxygen atoms in total. The molecule has 0 bridgehead atoms. The van der Waals surface area contributed by atoms with Crippen molar-refractivity contribution in [3.63, 3.8) is 0 Å². The Morgan fingerprint density at radius 1 is 1.14 bits per heavy atom. The molecule has 1 amide bonds. The first-order valence-electron chi connectivity index (χ1n) is 8.29. The fourth-order valence-electron chi connectivity index (χ4n) is 2.62. The van der Waals surface area contributed by atoms with Crippen LogP contribution in [0.2, 0.25) is 0 Å². The van der Waals surface area contributed by atoms with Crippen molar-refractivity contribution in [2.75, 3.05) is 17.1 Å². The number of benzene rings is 2. The van der Waals surface area contributed by atoms with Gasteiger partial charge in [0.2, 0.25) is 5.91 Å². The van der Waals surface area contributed by atoms with Crippen molar-refractivity contribution in [2.24, 2.45) is 0 Å². The maximum absolute atomic E-state index is 13.0. The summed E-state index contributed by atoms with van der Waals surface area (Å²) in [6.07, 6.45) is 0. The van der Waals surface area contributed by atoms with E-state index >= 15 is 0 Å². The second-order valence-electron chi connectivity index (χ2n) is 5.98. The number of ether oxygens (including phenoxy) is 1. The average molecular weight is 418 g/mol. The van der Waals surface area contributed by atoms with Crippen LogP contribution < -0.4 is 14.8 Å². The van der Waals surface area contributed by atoms with Gasteiger partial charge in [0.1, 0.15) is 10.6 Å². The molecular formula is C19H19N3O4S2. The first-order valence-corrected chi connectivity index (χ1v) is 10.7. The van der Waals surface area contributed by atoms with Gasteiger partial charge in [-0.15, -0.1) is 11.3 Å². The highest BCUT2D eigenvalue weighted by Crippen LogP contribution is 2.30. The Kier molecular flexibility index (Phi) is 5.66. The molecule has 0 unspecified atom stereocenters. The van der Waals surface area contributed by atoms with Crippen LogP contribution in [-0.2, 0) is 14.8 Å². The van der Waals surface area contributed by atoms with E-state index in [4.69, 9.17) is 4.74 Å². The third kappa shape index (κ3) is 4.49. The Hall–Kier alpha value is -2.91. The largest absolute Gasteiger partial charge is 0.495 e. The minimum atomic E-state index is -3.95. The van der Waals surface area contributed by atoms with Crippen molar-refractivity contribution in [1.82, 2.24) is 4.98 Å². The average Bonchev–Trinajstić information content (AvgIpc) is 3.07. The number of amides is 1. The van der Waals surface area contributed by atoms with E-state index in [1.807, 2.05) is 18.4 Å². The third-order valence-corrected chi connectivity index (χ3v) is 5.98. The Morgan fingerprint density at radius 3 is 2.57 bits per heavy atom. The molecule has 2 N–H and O–H groups in total. The second-order valence-corrected chi connectivity index (χ2v) is 8.70. The minimum Gasteiger partial charge on any atom is -0.495 e. The SMILES string of the molecule is COc1ccc(NC(C)=O)cc1S(=O)(=O)Nc1cccc(-c2csc(C)n2)c1. The van der Waals surface area contributed by atoms with Gasteiger partial charge < -0.3 is 10.1 Å². The van der Waals surface area contributed by atoms with Crippen LogP contribution in [0.5, 0.6) is 5.75 Å². The molecule has 9 heteroatoms.